The molecule has 16 nitrogen and oxygen atoms in total. The van der Waals surface area contributed by atoms with Gasteiger partial charge in [0.1, 0.15) is 25.7 Å². The van der Waals surface area contributed by atoms with Crippen LogP contribution in [0.15, 0.2) is 35.3 Å². The van der Waals surface area contributed by atoms with E-state index in [1.165, 1.54) is 0 Å². The van der Waals surface area contributed by atoms with Gasteiger partial charge in [0.15, 0.2) is 0 Å². The van der Waals surface area contributed by atoms with Gasteiger partial charge in [-0.1, -0.05) is 30.3 Å². The summed E-state index contributed by atoms with van der Waals surface area (Å²) in [5, 5.41) is 16.6. The lowest BCUT2D eigenvalue weighted by Gasteiger charge is -2.18. The second kappa shape index (κ2) is 13.4. The summed E-state index contributed by atoms with van der Waals surface area (Å²) in [6.45, 7) is -0.382. The van der Waals surface area contributed by atoms with Crippen LogP contribution in [0.3, 0.4) is 0 Å². The molecule has 1 aromatic carbocycles. The maximum Gasteiger partial charge on any atom is 0.408 e. The number of rotatable bonds is 11. The highest BCUT2D eigenvalue weighted by atomic mass is 16.5. The van der Waals surface area contributed by atoms with E-state index >= 15 is 0 Å². The minimum atomic E-state index is -1.51. The van der Waals surface area contributed by atoms with Crippen molar-refractivity contribution in [3.05, 3.63) is 35.9 Å². The van der Waals surface area contributed by atoms with Gasteiger partial charge in [-0.15, -0.1) is 0 Å². The van der Waals surface area contributed by atoms with E-state index in [2.05, 4.69) is 31.8 Å². The Kier molecular flexibility index (Phi) is 9.79. The van der Waals surface area contributed by atoms with Gasteiger partial charge >= 0.3 is 18.1 Å². The number of aliphatic carboxylic acids is 1. The van der Waals surface area contributed by atoms with Crippen LogP contribution in [0.5, 0.6) is 0 Å². The van der Waals surface area contributed by atoms with E-state index in [0.717, 1.165) is 4.90 Å². The van der Waals surface area contributed by atoms with Crippen LogP contribution in [0.4, 0.5) is 9.59 Å². The van der Waals surface area contributed by atoms with Crippen LogP contribution in [0.2, 0.25) is 0 Å². The van der Waals surface area contributed by atoms with Gasteiger partial charge in [0, 0.05) is 26.1 Å². The molecule has 3 rings (SSSR count). The molecule has 0 aliphatic carbocycles. The summed E-state index contributed by atoms with van der Waals surface area (Å²) in [5.41, 5.74) is 5.71. The van der Waals surface area contributed by atoms with Gasteiger partial charge in [-0.05, 0) is 5.56 Å². The van der Waals surface area contributed by atoms with Crippen molar-refractivity contribution in [2.75, 3.05) is 39.3 Å². The zero-order chi connectivity index (χ0) is 27.5. The number of hydrogen-bond donors (Lipinski definition) is 6. The summed E-state index contributed by atoms with van der Waals surface area (Å²) >= 11 is 0. The van der Waals surface area contributed by atoms with Gasteiger partial charge in [0.2, 0.25) is 17.8 Å². The van der Waals surface area contributed by atoms with Gasteiger partial charge in [0.25, 0.3) is 5.91 Å². The predicted molar refractivity (Wildman–Crippen MR) is 129 cm³/mol. The molecule has 2 heterocycles. The highest BCUT2D eigenvalue weighted by molar-refractivity contribution is 6.04. The summed E-state index contributed by atoms with van der Waals surface area (Å²) in [5.74, 6) is -2.90. The maximum atomic E-state index is 12.5. The first-order valence-corrected chi connectivity index (χ1v) is 11.6. The molecule has 0 unspecified atom stereocenters. The minimum Gasteiger partial charge on any atom is -0.480 e. The zero-order valence-electron chi connectivity index (χ0n) is 20.3. The number of alkyl carbamates (subject to hydrolysis) is 1. The molecule has 6 N–H and O–H groups in total. The van der Waals surface area contributed by atoms with Crippen LogP contribution < -0.4 is 26.8 Å². The molecule has 1 saturated heterocycles. The van der Waals surface area contributed by atoms with Crippen LogP contribution >= 0.6 is 0 Å². The Bertz CT molecular complexity index is 1100. The van der Waals surface area contributed by atoms with E-state index in [1.54, 1.807) is 30.3 Å². The first kappa shape index (κ1) is 27.7. The first-order chi connectivity index (χ1) is 18.2. The van der Waals surface area contributed by atoms with E-state index in [4.69, 9.17) is 4.74 Å². The van der Waals surface area contributed by atoms with E-state index in [0.29, 0.717) is 29.5 Å². The molecule has 0 aromatic heterocycles. The summed E-state index contributed by atoms with van der Waals surface area (Å²) in [7, 11) is 0. The van der Waals surface area contributed by atoms with Crippen LogP contribution in [-0.4, -0.2) is 102 Å². The van der Waals surface area contributed by atoms with Crippen LogP contribution in [0.1, 0.15) is 12.0 Å². The number of hydrazine groups is 1. The molecule has 0 saturated carbocycles. The van der Waals surface area contributed by atoms with Crippen molar-refractivity contribution in [2.45, 2.75) is 19.1 Å². The average Bonchev–Trinajstić information content (AvgIpc) is 3.51. The summed E-state index contributed by atoms with van der Waals surface area (Å²) < 4.78 is 4.97. The van der Waals surface area contributed by atoms with Gasteiger partial charge < -0.3 is 30.7 Å². The largest absolute Gasteiger partial charge is 0.480 e. The highest BCUT2D eigenvalue weighted by Crippen LogP contribution is 2.10. The number of carbonyl (C=O) groups excluding carboxylic acids is 5. The van der Waals surface area contributed by atoms with Crippen molar-refractivity contribution in [3.8, 4) is 0 Å². The third-order valence-corrected chi connectivity index (χ3v) is 5.34. The predicted octanol–water partition coefficient (Wildman–Crippen LogP) is -2.28. The summed E-state index contributed by atoms with van der Waals surface area (Å²) in [4.78, 5) is 78.3. The molecule has 2 aliphatic heterocycles. The molecule has 1 atom stereocenters. The van der Waals surface area contributed by atoms with Gasteiger partial charge in [-0.25, -0.2) is 14.4 Å². The second-order valence-corrected chi connectivity index (χ2v) is 8.17. The zero-order valence-corrected chi connectivity index (χ0v) is 20.3. The van der Waals surface area contributed by atoms with Crippen molar-refractivity contribution in [1.29, 1.82) is 0 Å². The topological polar surface area (TPSA) is 211 Å². The molecule has 1 fully saturated rings. The Labute approximate surface area is 216 Å². The molecule has 6 amide bonds. The highest BCUT2D eigenvalue weighted by Gasteiger charge is 2.37. The molecule has 2 aliphatic rings. The Morgan fingerprint density at radius 2 is 1.89 bits per heavy atom. The molecule has 0 bridgehead atoms. The lowest BCUT2D eigenvalue weighted by Crippen LogP contribution is -2.50. The third-order valence-electron chi connectivity index (χ3n) is 5.34. The lowest BCUT2D eigenvalue weighted by atomic mass is 10.2. The van der Waals surface area contributed by atoms with Gasteiger partial charge in [0.05, 0.1) is 6.54 Å². The Hall–Kier alpha value is -4.89. The van der Waals surface area contributed by atoms with Crippen molar-refractivity contribution in [3.63, 3.8) is 0 Å². The number of guanidine groups is 1. The Morgan fingerprint density at radius 1 is 1.13 bits per heavy atom. The second-order valence-electron chi connectivity index (χ2n) is 8.17. The lowest BCUT2D eigenvalue weighted by molar-refractivity contribution is -0.139. The number of carbonyl (C=O) groups is 6. The number of amides is 6. The minimum absolute atomic E-state index is 0.0633. The van der Waals surface area contributed by atoms with Crippen molar-refractivity contribution < 1.29 is 38.6 Å². The SMILES string of the molecule is O=C(CN1C(=O)CN(CCC(=O)NNC2=NCCN2)C1=O)NC[C@H](NC(=O)OCc1ccccc1)C(=O)O. The van der Waals surface area contributed by atoms with Crippen molar-refractivity contribution in [1.82, 2.24) is 36.6 Å². The van der Waals surface area contributed by atoms with Crippen molar-refractivity contribution in [2.24, 2.45) is 4.99 Å². The van der Waals surface area contributed by atoms with Crippen LogP contribution in [-0.2, 0) is 30.5 Å². The van der Waals surface area contributed by atoms with Crippen molar-refractivity contribution >= 4 is 41.8 Å². The van der Waals surface area contributed by atoms with Gasteiger partial charge in [-0.2, -0.15) is 0 Å². The number of aliphatic imine (C=N–C) groups is 1. The normalized spacial score (nSPS) is 15.3. The number of hydrogen-bond acceptors (Lipinski definition) is 10. The smallest absolute Gasteiger partial charge is 0.408 e. The van der Waals surface area contributed by atoms with Gasteiger partial charge in [-0.3, -0.25) is 35.1 Å². The molecular weight excluding hydrogens is 504 g/mol. The molecule has 38 heavy (non-hydrogen) atoms. The average molecular weight is 533 g/mol. The van der Waals surface area contributed by atoms with E-state index in [9.17, 15) is 33.9 Å². The maximum absolute atomic E-state index is 12.5. The number of benzene rings is 1. The standard InChI is InChI=1S/C22H28N8O8/c31-16(27-28-20-23-7-8-24-20)6-9-29-12-18(33)30(22(29)37)11-17(32)25-10-15(19(34)35)26-21(36)38-13-14-4-2-1-3-5-14/h1-5,15H,6-13H2,(H,25,32)(H,26,36)(H,27,31)(H,34,35)(H2,23,24,28)/t15-/m0/s1. The number of ether oxygens (including phenoxy) is 1. The number of imide groups is 1. The van der Waals surface area contributed by atoms with E-state index in [1.807, 2.05) is 0 Å². The molecule has 16 heteroatoms. The monoisotopic (exact) mass is 532 g/mol. The molecular formula is C22H28N8O8. The third kappa shape index (κ3) is 8.35. The van der Waals surface area contributed by atoms with E-state index < -0.39 is 54.9 Å². The van der Waals surface area contributed by atoms with E-state index in [-0.39, 0.29) is 26.1 Å². The molecule has 1 aromatic rings. The quantitative estimate of drug-likeness (QED) is 0.133. The number of urea groups is 1. The molecule has 204 valence electrons. The fourth-order valence-electron chi connectivity index (χ4n) is 3.36. The van der Waals surface area contributed by atoms with Crippen LogP contribution in [0, 0.1) is 0 Å². The molecule has 0 radical (unpaired) electrons. The summed E-state index contributed by atoms with van der Waals surface area (Å²) in [6.07, 6.45) is -1.10. The molecule has 0 spiro atoms. The number of carboxylic acid groups (broad SMARTS) is 1. The summed E-state index contributed by atoms with van der Waals surface area (Å²) in [6, 6.07) is 6.47. The fraction of sp³-hybridized carbons (Fsp3) is 0.409. The Morgan fingerprint density at radius 3 is 2.58 bits per heavy atom. The fourth-order valence-corrected chi connectivity index (χ4v) is 3.36. The Balaban J connectivity index is 1.39. The number of carboxylic acids is 1. The van der Waals surface area contributed by atoms with Crippen LogP contribution in [0.25, 0.3) is 0 Å². The first-order valence-electron chi connectivity index (χ1n) is 11.6. The number of nitrogens with zero attached hydrogens (tertiary/aromatic N) is 3. The number of nitrogens with one attached hydrogen (secondary N) is 5.